The van der Waals surface area contributed by atoms with Crippen molar-refractivity contribution in [1.29, 1.82) is 0 Å². The van der Waals surface area contributed by atoms with Gasteiger partial charge in [-0.25, -0.2) is 10.2 Å². The summed E-state index contributed by atoms with van der Waals surface area (Å²) in [5.74, 6) is -1.28. The second kappa shape index (κ2) is 11.5. The molecule has 36 heavy (non-hydrogen) atoms. The second-order valence-electron chi connectivity index (χ2n) is 7.56. The Labute approximate surface area is 216 Å². The first-order valence-electron chi connectivity index (χ1n) is 10.8. The fourth-order valence-electron chi connectivity index (χ4n) is 3.34. The standard InChI is InChI=1S/C27H19Cl2N3O4/c28-22-12-10-19(14-23(22)29)26(34)30-16-25(33)32-31-15-21-20-9-5-4-6-17(20)11-13-24(21)36-27(35)18-7-2-1-3-8-18/h1-15H,16H2,(H,30,34)(H,32,33)/b31-15+. The van der Waals surface area contributed by atoms with Crippen molar-refractivity contribution in [2.75, 3.05) is 6.54 Å². The quantitative estimate of drug-likeness (QED) is 0.151. The predicted octanol–water partition coefficient (Wildman–Crippen LogP) is 5.25. The van der Waals surface area contributed by atoms with Crippen molar-refractivity contribution in [2.45, 2.75) is 0 Å². The second-order valence-corrected chi connectivity index (χ2v) is 8.37. The third-order valence-corrected chi connectivity index (χ3v) is 5.86. The van der Waals surface area contributed by atoms with Crippen LogP contribution in [0.2, 0.25) is 10.0 Å². The van der Waals surface area contributed by atoms with Crippen LogP contribution in [0.4, 0.5) is 0 Å². The summed E-state index contributed by atoms with van der Waals surface area (Å²) in [4.78, 5) is 37.1. The van der Waals surface area contributed by atoms with Gasteiger partial charge in [0.1, 0.15) is 5.75 Å². The molecule has 0 heterocycles. The van der Waals surface area contributed by atoms with Crippen molar-refractivity contribution >= 4 is 58.0 Å². The van der Waals surface area contributed by atoms with E-state index in [0.717, 1.165) is 10.8 Å². The topological polar surface area (TPSA) is 96.9 Å². The molecule has 7 nitrogen and oxygen atoms in total. The van der Waals surface area contributed by atoms with Gasteiger partial charge in [-0.15, -0.1) is 0 Å². The Morgan fingerprint density at radius 3 is 2.36 bits per heavy atom. The van der Waals surface area contributed by atoms with Crippen LogP contribution in [0, 0.1) is 0 Å². The van der Waals surface area contributed by atoms with Gasteiger partial charge < -0.3 is 10.1 Å². The van der Waals surface area contributed by atoms with E-state index in [0.29, 0.717) is 16.1 Å². The van der Waals surface area contributed by atoms with E-state index < -0.39 is 17.8 Å². The third-order valence-electron chi connectivity index (χ3n) is 5.12. The van der Waals surface area contributed by atoms with E-state index in [-0.39, 0.29) is 22.9 Å². The Bertz CT molecular complexity index is 1470. The number of nitrogens with zero attached hydrogens (tertiary/aromatic N) is 1. The van der Waals surface area contributed by atoms with Crippen molar-refractivity contribution in [3.05, 3.63) is 112 Å². The highest BCUT2D eigenvalue weighted by molar-refractivity contribution is 6.42. The van der Waals surface area contributed by atoms with Crippen molar-refractivity contribution < 1.29 is 19.1 Å². The zero-order valence-corrected chi connectivity index (χ0v) is 20.2. The molecular weight excluding hydrogens is 501 g/mol. The van der Waals surface area contributed by atoms with Gasteiger partial charge in [-0.3, -0.25) is 9.59 Å². The van der Waals surface area contributed by atoms with Crippen molar-refractivity contribution in [3.63, 3.8) is 0 Å². The average molecular weight is 520 g/mol. The molecule has 4 rings (SSSR count). The number of nitrogens with one attached hydrogen (secondary N) is 2. The number of carbonyl (C=O) groups excluding carboxylic acids is 3. The molecule has 4 aromatic rings. The minimum Gasteiger partial charge on any atom is -0.422 e. The largest absolute Gasteiger partial charge is 0.422 e. The fourth-order valence-corrected chi connectivity index (χ4v) is 3.64. The van der Waals surface area contributed by atoms with E-state index in [1.54, 1.807) is 36.4 Å². The molecule has 0 radical (unpaired) electrons. The molecule has 0 aliphatic rings. The molecule has 9 heteroatoms. The fraction of sp³-hybridized carbons (Fsp3) is 0.0370. The summed E-state index contributed by atoms with van der Waals surface area (Å²) in [6.45, 7) is -0.318. The maximum absolute atomic E-state index is 12.6. The molecular formula is C27H19Cl2N3O4. The van der Waals surface area contributed by atoms with Gasteiger partial charge in [0, 0.05) is 11.1 Å². The summed E-state index contributed by atoms with van der Waals surface area (Å²) in [6, 6.07) is 24.0. The monoisotopic (exact) mass is 519 g/mol. The number of rotatable bonds is 7. The molecule has 4 aromatic carbocycles. The lowest BCUT2D eigenvalue weighted by molar-refractivity contribution is -0.120. The molecule has 0 aliphatic heterocycles. The SMILES string of the molecule is O=C(CNC(=O)c1ccc(Cl)c(Cl)c1)N/N=C/c1c(OC(=O)c2ccccc2)ccc2ccccc12. The summed E-state index contributed by atoms with van der Waals surface area (Å²) in [6.07, 6.45) is 1.40. The molecule has 2 N–H and O–H groups in total. The van der Waals surface area contributed by atoms with Crippen molar-refractivity contribution in [1.82, 2.24) is 10.7 Å². The van der Waals surface area contributed by atoms with Gasteiger partial charge >= 0.3 is 5.97 Å². The van der Waals surface area contributed by atoms with E-state index in [2.05, 4.69) is 15.8 Å². The smallest absolute Gasteiger partial charge is 0.343 e. The number of hydrogen-bond acceptors (Lipinski definition) is 5. The highest BCUT2D eigenvalue weighted by Crippen LogP contribution is 2.27. The number of benzene rings is 4. The Kier molecular flexibility index (Phi) is 7.95. The first-order valence-corrected chi connectivity index (χ1v) is 11.5. The van der Waals surface area contributed by atoms with E-state index in [1.807, 2.05) is 30.3 Å². The van der Waals surface area contributed by atoms with Crippen molar-refractivity contribution in [3.8, 4) is 5.75 Å². The van der Waals surface area contributed by atoms with E-state index in [9.17, 15) is 14.4 Å². The number of ether oxygens (including phenoxy) is 1. The zero-order valence-electron chi connectivity index (χ0n) is 18.7. The van der Waals surface area contributed by atoms with Gasteiger partial charge in [-0.05, 0) is 47.2 Å². The number of halogens is 2. The van der Waals surface area contributed by atoms with E-state index in [4.69, 9.17) is 27.9 Å². The van der Waals surface area contributed by atoms with Crippen LogP contribution in [0.3, 0.4) is 0 Å². The molecule has 0 saturated carbocycles. The summed E-state index contributed by atoms with van der Waals surface area (Å²) in [5, 5.41) is 8.72. The minimum atomic E-state index is -0.553. The Balaban J connectivity index is 1.45. The number of fused-ring (bicyclic) bond motifs is 1. The molecule has 180 valence electrons. The van der Waals surface area contributed by atoms with Gasteiger partial charge in [-0.1, -0.05) is 71.7 Å². The lowest BCUT2D eigenvalue weighted by Crippen LogP contribution is -2.34. The zero-order chi connectivity index (χ0) is 25.5. The normalized spacial score (nSPS) is 10.8. The van der Waals surface area contributed by atoms with Gasteiger partial charge in [0.15, 0.2) is 0 Å². The first kappa shape index (κ1) is 24.9. The van der Waals surface area contributed by atoms with Gasteiger partial charge in [-0.2, -0.15) is 5.10 Å². The summed E-state index contributed by atoms with van der Waals surface area (Å²) >= 11 is 11.8. The van der Waals surface area contributed by atoms with Crippen LogP contribution in [0.25, 0.3) is 10.8 Å². The molecule has 2 amide bonds. The van der Waals surface area contributed by atoms with E-state index >= 15 is 0 Å². The number of amides is 2. The molecule has 0 aliphatic carbocycles. The van der Waals surface area contributed by atoms with Gasteiger partial charge in [0.05, 0.1) is 28.4 Å². The van der Waals surface area contributed by atoms with Crippen LogP contribution >= 0.6 is 23.2 Å². The first-order chi connectivity index (χ1) is 17.4. The van der Waals surface area contributed by atoms with Crippen LogP contribution in [-0.4, -0.2) is 30.5 Å². The molecule has 0 saturated heterocycles. The number of hydrogen-bond donors (Lipinski definition) is 2. The van der Waals surface area contributed by atoms with Crippen LogP contribution < -0.4 is 15.5 Å². The van der Waals surface area contributed by atoms with Crippen LogP contribution in [0.15, 0.2) is 90.0 Å². The summed E-state index contributed by atoms with van der Waals surface area (Å²) in [5.41, 5.74) is 3.54. The maximum atomic E-state index is 12.6. The molecule has 0 aromatic heterocycles. The number of hydrazone groups is 1. The maximum Gasteiger partial charge on any atom is 0.343 e. The van der Waals surface area contributed by atoms with Gasteiger partial charge in [0.25, 0.3) is 11.8 Å². The van der Waals surface area contributed by atoms with Crippen LogP contribution in [0.5, 0.6) is 5.75 Å². The average Bonchev–Trinajstić information content (AvgIpc) is 2.90. The molecule has 0 fully saturated rings. The minimum absolute atomic E-state index is 0.234. The van der Waals surface area contributed by atoms with Crippen LogP contribution in [-0.2, 0) is 4.79 Å². The van der Waals surface area contributed by atoms with Crippen molar-refractivity contribution in [2.24, 2.45) is 5.10 Å². The summed E-state index contributed by atoms with van der Waals surface area (Å²) < 4.78 is 5.62. The number of esters is 1. The Hall–Kier alpha value is -4.20. The molecule has 0 spiro atoms. The molecule has 0 unspecified atom stereocenters. The van der Waals surface area contributed by atoms with Crippen LogP contribution in [0.1, 0.15) is 26.3 Å². The van der Waals surface area contributed by atoms with Gasteiger partial charge in [0.2, 0.25) is 0 Å². The lowest BCUT2D eigenvalue weighted by atomic mass is 10.0. The lowest BCUT2D eigenvalue weighted by Gasteiger charge is -2.10. The highest BCUT2D eigenvalue weighted by Gasteiger charge is 2.14. The molecule has 0 bridgehead atoms. The predicted molar refractivity (Wildman–Crippen MR) is 140 cm³/mol. The third kappa shape index (κ3) is 6.07. The van der Waals surface area contributed by atoms with E-state index in [1.165, 1.54) is 24.4 Å². The molecule has 0 atom stereocenters. The summed E-state index contributed by atoms with van der Waals surface area (Å²) in [7, 11) is 0. The Morgan fingerprint density at radius 1 is 0.833 bits per heavy atom. The number of carbonyl (C=O) groups is 3. The highest BCUT2D eigenvalue weighted by atomic mass is 35.5. The Morgan fingerprint density at radius 2 is 1.58 bits per heavy atom.